The average molecular weight is 240 g/mol. The van der Waals surface area contributed by atoms with Crippen LogP contribution in [0.3, 0.4) is 0 Å². The van der Waals surface area contributed by atoms with Gasteiger partial charge in [0.25, 0.3) is 0 Å². The molecule has 1 N–H and O–H groups in total. The number of nitrogens with one attached hydrogen (secondary N) is 1. The molecule has 1 fully saturated rings. The van der Waals surface area contributed by atoms with Crippen molar-refractivity contribution in [1.29, 1.82) is 0 Å². The predicted molar refractivity (Wildman–Crippen MR) is 76.5 cm³/mol. The fourth-order valence-electron chi connectivity index (χ4n) is 3.08. The monoisotopic (exact) mass is 240 g/mol. The predicted octanol–water partition coefficient (Wildman–Crippen LogP) is 3.42. The molecule has 0 spiro atoms. The Morgan fingerprint density at radius 2 is 1.71 bits per heavy atom. The van der Waals surface area contributed by atoms with Crippen molar-refractivity contribution in [3.63, 3.8) is 0 Å². The molecule has 2 nitrogen and oxygen atoms in total. The second kappa shape index (κ2) is 8.93. The fraction of sp³-hybridized carbons (Fsp3) is 1.00. The van der Waals surface area contributed by atoms with Crippen LogP contribution in [-0.2, 0) is 0 Å². The summed E-state index contributed by atoms with van der Waals surface area (Å²) < 4.78 is 0. The second-order valence-corrected chi connectivity index (χ2v) is 5.60. The number of rotatable bonds is 6. The second-order valence-electron chi connectivity index (χ2n) is 5.60. The van der Waals surface area contributed by atoms with Crippen LogP contribution in [0.5, 0.6) is 0 Å². The van der Waals surface area contributed by atoms with E-state index in [0.717, 1.165) is 12.1 Å². The standard InChI is InChI=1S/C15H32N2/c1-4-12-16-14-10-8-6-7-9-11-15(14)17(3)13-5-2/h14-16H,4-13H2,1-3H3. The molecule has 102 valence electrons. The normalized spacial score (nSPS) is 26.8. The zero-order valence-corrected chi connectivity index (χ0v) is 12.2. The van der Waals surface area contributed by atoms with Crippen molar-refractivity contribution in [2.24, 2.45) is 0 Å². The van der Waals surface area contributed by atoms with Crippen LogP contribution in [0.2, 0.25) is 0 Å². The first-order chi connectivity index (χ1) is 8.29. The molecule has 1 rings (SSSR count). The Kier molecular flexibility index (Phi) is 7.87. The summed E-state index contributed by atoms with van der Waals surface area (Å²) >= 11 is 0. The molecule has 2 heteroatoms. The van der Waals surface area contributed by atoms with Crippen LogP contribution in [0.15, 0.2) is 0 Å². The first-order valence-electron chi connectivity index (χ1n) is 7.73. The number of likely N-dealkylation sites (N-methyl/N-ethyl adjacent to an activating group) is 1. The zero-order valence-electron chi connectivity index (χ0n) is 12.2. The van der Waals surface area contributed by atoms with Crippen molar-refractivity contribution < 1.29 is 0 Å². The molecule has 0 aromatic rings. The SMILES string of the molecule is CCCNC1CCCCCCC1N(C)CCC. The van der Waals surface area contributed by atoms with Crippen LogP contribution >= 0.6 is 0 Å². The summed E-state index contributed by atoms with van der Waals surface area (Å²) in [6.45, 7) is 6.98. The van der Waals surface area contributed by atoms with E-state index in [1.807, 2.05) is 0 Å². The Labute approximate surface area is 108 Å². The maximum absolute atomic E-state index is 3.79. The fourth-order valence-corrected chi connectivity index (χ4v) is 3.08. The number of nitrogens with zero attached hydrogens (tertiary/aromatic N) is 1. The lowest BCUT2D eigenvalue weighted by atomic mass is 9.91. The third-order valence-corrected chi connectivity index (χ3v) is 4.03. The summed E-state index contributed by atoms with van der Waals surface area (Å²) in [5.41, 5.74) is 0. The van der Waals surface area contributed by atoms with E-state index in [9.17, 15) is 0 Å². The minimum absolute atomic E-state index is 0.729. The lowest BCUT2D eigenvalue weighted by molar-refractivity contribution is 0.163. The summed E-state index contributed by atoms with van der Waals surface area (Å²) in [5.74, 6) is 0. The highest BCUT2D eigenvalue weighted by Gasteiger charge is 2.24. The van der Waals surface area contributed by atoms with Crippen molar-refractivity contribution in [1.82, 2.24) is 10.2 Å². The highest BCUT2D eigenvalue weighted by molar-refractivity contribution is 4.84. The quantitative estimate of drug-likeness (QED) is 0.765. The molecule has 1 aliphatic carbocycles. The number of hydrogen-bond acceptors (Lipinski definition) is 2. The Morgan fingerprint density at radius 1 is 1.00 bits per heavy atom. The third kappa shape index (κ3) is 5.39. The van der Waals surface area contributed by atoms with Crippen molar-refractivity contribution in [2.75, 3.05) is 20.1 Å². The van der Waals surface area contributed by atoms with Crippen LogP contribution < -0.4 is 5.32 Å². The van der Waals surface area contributed by atoms with Gasteiger partial charge in [0.05, 0.1) is 0 Å². The van der Waals surface area contributed by atoms with Gasteiger partial charge in [-0.3, -0.25) is 0 Å². The Hall–Kier alpha value is -0.0800. The van der Waals surface area contributed by atoms with Gasteiger partial charge in [-0.15, -0.1) is 0 Å². The van der Waals surface area contributed by atoms with E-state index in [0.29, 0.717) is 0 Å². The molecule has 17 heavy (non-hydrogen) atoms. The average Bonchev–Trinajstić information content (AvgIpc) is 2.28. The lowest BCUT2D eigenvalue weighted by Crippen LogP contribution is -2.49. The molecule has 0 saturated heterocycles. The number of hydrogen-bond donors (Lipinski definition) is 1. The van der Waals surface area contributed by atoms with Gasteiger partial charge in [0, 0.05) is 12.1 Å². The molecule has 1 saturated carbocycles. The molecular weight excluding hydrogens is 208 g/mol. The molecule has 1 aliphatic rings. The maximum atomic E-state index is 3.79. The van der Waals surface area contributed by atoms with Crippen molar-refractivity contribution >= 4 is 0 Å². The summed E-state index contributed by atoms with van der Waals surface area (Å²) in [6, 6.07) is 1.49. The highest BCUT2D eigenvalue weighted by Crippen LogP contribution is 2.21. The van der Waals surface area contributed by atoms with Crippen LogP contribution in [0, 0.1) is 0 Å². The van der Waals surface area contributed by atoms with Gasteiger partial charge in [-0.25, -0.2) is 0 Å². The van der Waals surface area contributed by atoms with Crippen LogP contribution in [-0.4, -0.2) is 37.1 Å². The first-order valence-corrected chi connectivity index (χ1v) is 7.73. The molecule has 0 aromatic heterocycles. The van der Waals surface area contributed by atoms with Crippen molar-refractivity contribution in [3.8, 4) is 0 Å². The van der Waals surface area contributed by atoms with E-state index < -0.39 is 0 Å². The van der Waals surface area contributed by atoms with Crippen molar-refractivity contribution in [3.05, 3.63) is 0 Å². The highest BCUT2D eigenvalue weighted by atomic mass is 15.2. The Bertz CT molecular complexity index is 180. The molecular formula is C15H32N2. The van der Waals surface area contributed by atoms with Gasteiger partial charge >= 0.3 is 0 Å². The summed E-state index contributed by atoms with van der Waals surface area (Å²) in [4.78, 5) is 2.60. The van der Waals surface area contributed by atoms with E-state index in [2.05, 4.69) is 31.1 Å². The van der Waals surface area contributed by atoms with Gasteiger partial charge in [-0.05, 0) is 45.8 Å². The van der Waals surface area contributed by atoms with E-state index in [1.54, 1.807) is 0 Å². The van der Waals surface area contributed by atoms with Crippen molar-refractivity contribution in [2.45, 2.75) is 77.3 Å². The summed E-state index contributed by atoms with van der Waals surface area (Å²) in [5, 5.41) is 3.79. The molecule has 0 bridgehead atoms. The first kappa shape index (κ1) is 15.0. The molecule has 0 aromatic carbocycles. The molecule has 2 atom stereocenters. The van der Waals surface area contributed by atoms with Gasteiger partial charge < -0.3 is 10.2 Å². The van der Waals surface area contributed by atoms with Gasteiger partial charge in [0.1, 0.15) is 0 Å². The minimum Gasteiger partial charge on any atom is -0.312 e. The summed E-state index contributed by atoms with van der Waals surface area (Å²) in [6.07, 6.45) is 11.0. The Morgan fingerprint density at radius 3 is 2.35 bits per heavy atom. The van der Waals surface area contributed by atoms with E-state index in [1.165, 1.54) is 64.5 Å². The van der Waals surface area contributed by atoms with Gasteiger partial charge in [0.2, 0.25) is 0 Å². The molecule has 0 amide bonds. The van der Waals surface area contributed by atoms with Crippen LogP contribution in [0.1, 0.15) is 65.2 Å². The van der Waals surface area contributed by atoms with E-state index in [4.69, 9.17) is 0 Å². The Balaban J connectivity index is 2.54. The van der Waals surface area contributed by atoms with Gasteiger partial charge in [-0.1, -0.05) is 39.5 Å². The summed E-state index contributed by atoms with van der Waals surface area (Å²) in [7, 11) is 2.32. The van der Waals surface area contributed by atoms with Crippen LogP contribution in [0.4, 0.5) is 0 Å². The lowest BCUT2D eigenvalue weighted by Gasteiger charge is -2.36. The smallest absolute Gasteiger partial charge is 0.0246 e. The van der Waals surface area contributed by atoms with E-state index in [-0.39, 0.29) is 0 Å². The molecule has 0 radical (unpaired) electrons. The molecule has 0 aliphatic heterocycles. The minimum atomic E-state index is 0.729. The van der Waals surface area contributed by atoms with Gasteiger partial charge in [0.15, 0.2) is 0 Å². The van der Waals surface area contributed by atoms with E-state index >= 15 is 0 Å². The molecule has 2 unspecified atom stereocenters. The zero-order chi connectivity index (χ0) is 12.5. The topological polar surface area (TPSA) is 15.3 Å². The van der Waals surface area contributed by atoms with Gasteiger partial charge in [-0.2, -0.15) is 0 Å². The maximum Gasteiger partial charge on any atom is 0.0246 e. The largest absolute Gasteiger partial charge is 0.312 e. The third-order valence-electron chi connectivity index (χ3n) is 4.03. The van der Waals surface area contributed by atoms with Crippen LogP contribution in [0.25, 0.3) is 0 Å². The molecule has 0 heterocycles.